The molecule has 0 spiro atoms. The van der Waals surface area contributed by atoms with Gasteiger partial charge in [-0.25, -0.2) is 0 Å². The molecule has 0 aliphatic heterocycles. The number of hydrogen-bond donors (Lipinski definition) is 3. The number of ether oxygens (including phenoxy) is 1. The van der Waals surface area contributed by atoms with E-state index in [9.17, 15) is 15.3 Å². The van der Waals surface area contributed by atoms with Crippen LogP contribution in [0.2, 0.25) is 0 Å². The number of rotatable bonds is 6. The van der Waals surface area contributed by atoms with Gasteiger partial charge in [0.25, 0.3) is 0 Å². The van der Waals surface area contributed by atoms with E-state index < -0.39 is 17.1 Å². The van der Waals surface area contributed by atoms with Crippen LogP contribution < -0.4 is 4.74 Å². The van der Waals surface area contributed by atoms with E-state index in [0.717, 1.165) is 50.2 Å². The number of fused-ring (bicyclic) bond motifs is 5. The summed E-state index contributed by atoms with van der Waals surface area (Å²) in [5, 5.41) is 32.4. The average molecular weight is 527 g/mol. The van der Waals surface area contributed by atoms with Gasteiger partial charge in [-0.3, -0.25) is 0 Å². The first kappa shape index (κ1) is 25.6. The van der Waals surface area contributed by atoms with Crippen molar-refractivity contribution < 1.29 is 20.1 Å². The van der Waals surface area contributed by atoms with Crippen molar-refractivity contribution in [2.75, 3.05) is 6.61 Å². The molecule has 206 valence electrons. The molecule has 4 fully saturated rings. The van der Waals surface area contributed by atoms with Gasteiger partial charge in [-0.1, -0.05) is 43.2 Å². The highest BCUT2D eigenvalue weighted by Gasteiger charge is 2.65. The SMILES string of the molecule is C#CC(O)[C@]1(O)CC[C@H]2[C@@H]3CCc4cc(OCC5CC(O)C5)ccc4C3[C@@H](c3ccc(C4CC4)cc3)C[C@@]21C. The predicted octanol–water partition coefficient (Wildman–Crippen LogP) is 5.69. The van der Waals surface area contributed by atoms with Gasteiger partial charge in [-0.05, 0) is 128 Å². The number of hydrogen-bond acceptors (Lipinski definition) is 4. The highest BCUT2D eigenvalue weighted by atomic mass is 16.5. The van der Waals surface area contributed by atoms with Crippen LogP contribution in [0.25, 0.3) is 0 Å². The van der Waals surface area contributed by atoms with E-state index in [4.69, 9.17) is 11.2 Å². The summed E-state index contributed by atoms with van der Waals surface area (Å²) < 4.78 is 6.17. The Morgan fingerprint density at radius 2 is 1.79 bits per heavy atom. The molecular weight excluding hydrogens is 484 g/mol. The van der Waals surface area contributed by atoms with Crippen LogP contribution in [-0.2, 0) is 6.42 Å². The highest BCUT2D eigenvalue weighted by Crippen LogP contribution is 2.68. The van der Waals surface area contributed by atoms with Gasteiger partial charge in [0.15, 0.2) is 0 Å². The minimum Gasteiger partial charge on any atom is -0.493 e. The molecule has 4 saturated carbocycles. The Hall–Kier alpha value is -2.32. The molecule has 2 aromatic rings. The first-order valence-corrected chi connectivity index (χ1v) is 15.2. The molecule has 0 heterocycles. The third kappa shape index (κ3) is 4.07. The quantitative estimate of drug-likeness (QED) is 0.423. The molecule has 4 heteroatoms. The normalized spacial score (nSPS) is 39.5. The van der Waals surface area contributed by atoms with Crippen molar-refractivity contribution in [2.24, 2.45) is 23.2 Å². The van der Waals surface area contributed by atoms with Gasteiger partial charge in [0.1, 0.15) is 17.5 Å². The van der Waals surface area contributed by atoms with Crippen molar-refractivity contribution in [2.45, 2.75) is 100 Å². The highest BCUT2D eigenvalue weighted by molar-refractivity contribution is 5.44. The van der Waals surface area contributed by atoms with Crippen molar-refractivity contribution in [3.05, 3.63) is 64.7 Å². The van der Waals surface area contributed by atoms with Crippen molar-refractivity contribution >= 4 is 0 Å². The molecule has 39 heavy (non-hydrogen) atoms. The van der Waals surface area contributed by atoms with Gasteiger partial charge < -0.3 is 20.1 Å². The summed E-state index contributed by atoms with van der Waals surface area (Å²) in [4.78, 5) is 0. The van der Waals surface area contributed by atoms with Gasteiger partial charge in [-0.15, -0.1) is 6.42 Å². The third-order valence-corrected chi connectivity index (χ3v) is 11.6. The van der Waals surface area contributed by atoms with Gasteiger partial charge in [-0.2, -0.15) is 0 Å². The Labute approximate surface area is 232 Å². The Morgan fingerprint density at radius 3 is 2.49 bits per heavy atom. The van der Waals surface area contributed by atoms with Crippen LogP contribution in [0.4, 0.5) is 0 Å². The zero-order valence-electron chi connectivity index (χ0n) is 23.1. The third-order valence-electron chi connectivity index (χ3n) is 11.6. The number of benzene rings is 2. The lowest BCUT2D eigenvalue weighted by atomic mass is 9.48. The first-order chi connectivity index (χ1) is 18.8. The van der Waals surface area contributed by atoms with Crippen LogP contribution in [0, 0.1) is 35.5 Å². The monoisotopic (exact) mass is 526 g/mol. The molecule has 7 atom stereocenters. The van der Waals surface area contributed by atoms with E-state index >= 15 is 0 Å². The van der Waals surface area contributed by atoms with Gasteiger partial charge in [0, 0.05) is 5.41 Å². The Balaban J connectivity index is 1.24. The minimum atomic E-state index is -1.25. The maximum absolute atomic E-state index is 11.9. The van der Waals surface area contributed by atoms with E-state index in [1.54, 1.807) is 0 Å². The summed E-state index contributed by atoms with van der Waals surface area (Å²) in [5.41, 5.74) is 3.92. The molecule has 0 radical (unpaired) electrons. The van der Waals surface area contributed by atoms with E-state index in [1.165, 1.54) is 35.1 Å². The summed E-state index contributed by atoms with van der Waals surface area (Å²) >= 11 is 0. The summed E-state index contributed by atoms with van der Waals surface area (Å²) in [6.07, 6.45) is 13.1. The molecule has 0 bridgehead atoms. The van der Waals surface area contributed by atoms with Crippen LogP contribution in [0.5, 0.6) is 5.75 Å². The maximum Gasteiger partial charge on any atom is 0.143 e. The molecule has 7 rings (SSSR count). The number of aliphatic hydroxyl groups is 3. The summed E-state index contributed by atoms with van der Waals surface area (Å²) in [5.74, 6) is 6.00. The fourth-order valence-electron chi connectivity index (χ4n) is 9.21. The molecular formula is C35H42O4. The van der Waals surface area contributed by atoms with Crippen LogP contribution in [0.15, 0.2) is 42.5 Å². The number of terminal acetylenes is 1. The molecule has 0 saturated heterocycles. The minimum absolute atomic E-state index is 0.152. The standard InChI is InChI=1S/C35H42O4/c1-3-32(37)35(38)15-14-31-29-12-10-25-18-27(39-20-21-16-26(36)17-21)11-13-28(25)33(29)30(19-34(31,35)2)24-8-6-23(7-9-24)22-4-5-22/h1,6-9,11,13,18,21-22,26,29-33,36-38H,4-5,10,12,14-17,19-20H2,2H3/t21?,26?,29-,30+,31-,32?,33?,34-,35+/m0/s1. The number of aryl methyl sites for hydroxylation is 1. The van der Waals surface area contributed by atoms with Gasteiger partial charge in [0.05, 0.1) is 12.7 Å². The van der Waals surface area contributed by atoms with E-state index in [2.05, 4.69) is 55.3 Å². The molecule has 5 aliphatic carbocycles. The lowest BCUT2D eigenvalue weighted by Crippen LogP contribution is -2.57. The van der Waals surface area contributed by atoms with E-state index in [1.807, 2.05) is 0 Å². The van der Waals surface area contributed by atoms with Gasteiger partial charge in [0.2, 0.25) is 0 Å². The topological polar surface area (TPSA) is 69.9 Å². The fraction of sp³-hybridized carbons (Fsp3) is 0.600. The van der Waals surface area contributed by atoms with Crippen molar-refractivity contribution in [1.82, 2.24) is 0 Å². The zero-order valence-corrected chi connectivity index (χ0v) is 23.1. The lowest BCUT2D eigenvalue weighted by molar-refractivity contribution is -0.151. The van der Waals surface area contributed by atoms with Crippen molar-refractivity contribution in [3.8, 4) is 18.1 Å². The molecule has 2 unspecified atom stereocenters. The smallest absolute Gasteiger partial charge is 0.143 e. The second kappa shape index (κ2) is 9.37. The van der Waals surface area contributed by atoms with Crippen LogP contribution in [-0.4, -0.2) is 39.7 Å². The van der Waals surface area contributed by atoms with Crippen LogP contribution in [0.3, 0.4) is 0 Å². The summed E-state index contributed by atoms with van der Waals surface area (Å²) in [6, 6.07) is 16.0. The Bertz CT molecular complexity index is 1270. The second-order valence-electron chi connectivity index (χ2n) is 13.7. The Kier molecular flexibility index (Phi) is 6.16. The first-order valence-electron chi connectivity index (χ1n) is 15.2. The summed E-state index contributed by atoms with van der Waals surface area (Å²) in [7, 11) is 0. The fourth-order valence-corrected chi connectivity index (χ4v) is 9.21. The largest absolute Gasteiger partial charge is 0.493 e. The summed E-state index contributed by atoms with van der Waals surface area (Å²) in [6.45, 7) is 2.88. The zero-order chi connectivity index (χ0) is 26.9. The molecule has 4 nitrogen and oxygen atoms in total. The molecule has 5 aliphatic rings. The van der Waals surface area contributed by atoms with Crippen molar-refractivity contribution in [1.29, 1.82) is 0 Å². The lowest BCUT2D eigenvalue weighted by Gasteiger charge is -2.57. The molecule has 2 aromatic carbocycles. The number of aliphatic hydroxyl groups excluding tert-OH is 2. The predicted molar refractivity (Wildman–Crippen MR) is 152 cm³/mol. The molecule has 3 N–H and O–H groups in total. The van der Waals surface area contributed by atoms with Gasteiger partial charge >= 0.3 is 0 Å². The van der Waals surface area contributed by atoms with E-state index in [0.29, 0.717) is 36.7 Å². The van der Waals surface area contributed by atoms with E-state index in [-0.39, 0.29) is 12.0 Å². The maximum atomic E-state index is 11.9. The molecule has 0 amide bonds. The second-order valence-corrected chi connectivity index (χ2v) is 13.7. The average Bonchev–Trinajstić information content (AvgIpc) is 3.74. The van der Waals surface area contributed by atoms with Crippen LogP contribution >= 0.6 is 0 Å². The Morgan fingerprint density at radius 1 is 1.05 bits per heavy atom. The molecule has 0 aromatic heterocycles. The van der Waals surface area contributed by atoms with Crippen LogP contribution in [0.1, 0.15) is 98.3 Å². The van der Waals surface area contributed by atoms with Crippen molar-refractivity contribution in [3.63, 3.8) is 0 Å².